The summed E-state index contributed by atoms with van der Waals surface area (Å²) in [7, 11) is -2.49. The van der Waals surface area contributed by atoms with Gasteiger partial charge in [0.15, 0.2) is 0 Å². The molecular weight excluding hydrogens is 399 g/mol. The first-order valence-electron chi connectivity index (χ1n) is 7.52. The van der Waals surface area contributed by atoms with E-state index in [1.165, 1.54) is 31.3 Å². The smallest absolute Gasteiger partial charge is 0.330 e. The summed E-state index contributed by atoms with van der Waals surface area (Å²) < 4.78 is 30.9. The molecule has 0 atom stereocenters. The van der Waals surface area contributed by atoms with Crippen LogP contribution in [-0.2, 0) is 19.6 Å². The van der Waals surface area contributed by atoms with E-state index in [2.05, 4.69) is 9.71 Å². The summed E-state index contributed by atoms with van der Waals surface area (Å²) >= 11 is 12.2. The average Bonchev–Trinajstić information content (AvgIpc) is 2.60. The second kappa shape index (κ2) is 8.64. The predicted octanol–water partition coefficient (Wildman–Crippen LogP) is 3.54. The number of halogens is 2. The molecule has 0 spiro atoms. The summed E-state index contributed by atoms with van der Waals surface area (Å²) in [6.45, 7) is 2.03. The van der Waals surface area contributed by atoms with Crippen LogP contribution in [0.25, 0.3) is 17.2 Å². The third-order valence-electron chi connectivity index (χ3n) is 3.33. The lowest BCUT2D eigenvalue weighted by atomic mass is 10.1. The fourth-order valence-electron chi connectivity index (χ4n) is 2.10. The van der Waals surface area contributed by atoms with Crippen LogP contribution in [0.2, 0.25) is 10.0 Å². The lowest BCUT2D eigenvalue weighted by Gasteiger charge is -2.10. The van der Waals surface area contributed by atoms with Crippen molar-refractivity contribution in [2.75, 3.05) is 13.7 Å². The molecule has 0 saturated heterocycles. The van der Waals surface area contributed by atoms with Crippen LogP contribution in [0, 0.1) is 0 Å². The van der Waals surface area contributed by atoms with Gasteiger partial charge in [-0.15, -0.1) is 0 Å². The molecule has 26 heavy (non-hydrogen) atoms. The van der Waals surface area contributed by atoms with Crippen molar-refractivity contribution in [3.8, 4) is 11.1 Å². The summed E-state index contributed by atoms with van der Waals surface area (Å²) in [5.41, 5.74) is 1.87. The molecule has 0 bridgehead atoms. The predicted molar refractivity (Wildman–Crippen MR) is 102 cm³/mol. The van der Waals surface area contributed by atoms with Crippen molar-refractivity contribution >= 4 is 45.3 Å². The molecule has 138 valence electrons. The van der Waals surface area contributed by atoms with Gasteiger partial charge in [0.25, 0.3) is 0 Å². The highest BCUT2D eigenvalue weighted by Crippen LogP contribution is 2.34. The maximum absolute atomic E-state index is 12.0. The van der Waals surface area contributed by atoms with Crippen molar-refractivity contribution in [1.82, 2.24) is 9.71 Å². The van der Waals surface area contributed by atoms with Crippen LogP contribution >= 0.6 is 23.2 Å². The Morgan fingerprint density at radius 2 is 1.88 bits per heavy atom. The largest absolute Gasteiger partial charge is 0.463 e. The van der Waals surface area contributed by atoms with Gasteiger partial charge in [0, 0.05) is 17.8 Å². The Hall–Kier alpha value is -1.93. The quantitative estimate of drug-likeness (QED) is 0.576. The number of carbonyl (C=O) groups is 1. The molecule has 0 aliphatic carbocycles. The van der Waals surface area contributed by atoms with Crippen LogP contribution in [0.5, 0.6) is 0 Å². The maximum Gasteiger partial charge on any atom is 0.330 e. The van der Waals surface area contributed by atoms with Crippen LogP contribution in [-0.4, -0.2) is 33.0 Å². The third-order valence-corrected chi connectivity index (χ3v) is 5.67. The highest BCUT2D eigenvalue weighted by Gasteiger charge is 2.21. The standard InChI is InChI=1S/C17H16Cl2N2O4S/c1-3-25-16(22)7-6-13-5-4-11(10-21-13)12-8-14(18)17(15(19)9-12)26(23,24)20-2/h4-10,20H,3H2,1-2H3/b7-6+. The molecule has 0 fully saturated rings. The van der Waals surface area contributed by atoms with Crippen molar-refractivity contribution in [1.29, 1.82) is 0 Å². The van der Waals surface area contributed by atoms with E-state index in [9.17, 15) is 13.2 Å². The number of rotatable bonds is 6. The minimum absolute atomic E-state index is 0.00753. The van der Waals surface area contributed by atoms with Crippen molar-refractivity contribution < 1.29 is 17.9 Å². The monoisotopic (exact) mass is 414 g/mol. The third kappa shape index (κ3) is 4.82. The molecule has 0 aliphatic heterocycles. The number of hydrogen-bond donors (Lipinski definition) is 1. The number of sulfonamides is 1. The number of pyridine rings is 1. The summed E-state index contributed by atoms with van der Waals surface area (Å²) in [6.07, 6.45) is 4.39. The van der Waals surface area contributed by atoms with Crippen LogP contribution in [0.3, 0.4) is 0 Å². The van der Waals surface area contributed by atoms with E-state index in [-0.39, 0.29) is 14.9 Å². The van der Waals surface area contributed by atoms with Crippen molar-refractivity contribution in [3.05, 3.63) is 52.3 Å². The number of nitrogens with one attached hydrogen (secondary N) is 1. The molecule has 0 saturated carbocycles. The maximum atomic E-state index is 12.0. The van der Waals surface area contributed by atoms with Gasteiger partial charge < -0.3 is 4.74 Å². The summed E-state index contributed by atoms with van der Waals surface area (Å²) in [6, 6.07) is 6.46. The molecule has 1 N–H and O–H groups in total. The number of nitrogens with zero attached hydrogens (tertiary/aromatic N) is 1. The zero-order valence-electron chi connectivity index (χ0n) is 14.0. The molecule has 0 unspecified atom stereocenters. The molecular formula is C17H16Cl2N2O4S. The van der Waals surface area contributed by atoms with Gasteiger partial charge in [0.05, 0.1) is 22.3 Å². The van der Waals surface area contributed by atoms with Crippen LogP contribution in [0.15, 0.2) is 41.4 Å². The lowest BCUT2D eigenvalue weighted by Crippen LogP contribution is -2.19. The number of carbonyl (C=O) groups excluding carboxylic acids is 1. The van der Waals surface area contributed by atoms with Crippen molar-refractivity contribution in [2.45, 2.75) is 11.8 Å². The topological polar surface area (TPSA) is 85.4 Å². The van der Waals surface area contributed by atoms with E-state index in [0.29, 0.717) is 23.4 Å². The SMILES string of the molecule is CCOC(=O)/C=C/c1ccc(-c2cc(Cl)c(S(=O)(=O)NC)c(Cl)c2)cn1. The van der Waals surface area contributed by atoms with E-state index in [0.717, 1.165) is 0 Å². The van der Waals surface area contributed by atoms with Gasteiger partial charge in [-0.25, -0.2) is 17.9 Å². The van der Waals surface area contributed by atoms with Gasteiger partial charge in [-0.2, -0.15) is 0 Å². The first kappa shape index (κ1) is 20.4. The fraction of sp³-hybridized carbons (Fsp3) is 0.176. The normalized spacial score (nSPS) is 11.7. The van der Waals surface area contributed by atoms with Crippen LogP contribution < -0.4 is 4.72 Å². The van der Waals surface area contributed by atoms with Gasteiger partial charge in [-0.1, -0.05) is 29.3 Å². The Bertz CT molecular complexity index is 919. The molecule has 0 aliphatic rings. The molecule has 1 aromatic carbocycles. The second-order valence-corrected chi connectivity index (χ2v) is 7.67. The Balaban J connectivity index is 2.31. The minimum atomic E-state index is -3.77. The zero-order valence-corrected chi connectivity index (χ0v) is 16.3. The summed E-state index contributed by atoms with van der Waals surface area (Å²) in [5.74, 6) is -0.446. The van der Waals surface area contributed by atoms with Gasteiger partial charge in [-0.3, -0.25) is 4.98 Å². The Labute approximate surface area is 161 Å². The summed E-state index contributed by atoms with van der Waals surface area (Å²) in [5, 5.41) is 0.0151. The van der Waals surface area contributed by atoms with Gasteiger partial charge in [0.2, 0.25) is 10.0 Å². The number of ether oxygens (including phenoxy) is 1. The molecule has 0 radical (unpaired) electrons. The van der Waals surface area contributed by atoms with E-state index >= 15 is 0 Å². The van der Waals surface area contributed by atoms with Gasteiger partial charge in [-0.05, 0) is 43.8 Å². The van der Waals surface area contributed by atoms with Gasteiger partial charge in [0.1, 0.15) is 4.90 Å². The number of hydrogen-bond acceptors (Lipinski definition) is 5. The molecule has 1 heterocycles. The van der Waals surface area contributed by atoms with Crippen molar-refractivity contribution in [2.24, 2.45) is 0 Å². The Morgan fingerprint density at radius 3 is 2.38 bits per heavy atom. The average molecular weight is 415 g/mol. The molecule has 9 heteroatoms. The molecule has 2 rings (SSSR count). The van der Waals surface area contributed by atoms with E-state index in [1.807, 2.05) is 0 Å². The fourth-order valence-corrected chi connectivity index (χ4v) is 4.04. The molecule has 0 amide bonds. The van der Waals surface area contributed by atoms with Crippen LogP contribution in [0.1, 0.15) is 12.6 Å². The second-order valence-electron chi connectivity index (χ2n) is 5.03. The number of benzene rings is 1. The molecule has 1 aromatic heterocycles. The van der Waals surface area contributed by atoms with Crippen molar-refractivity contribution in [3.63, 3.8) is 0 Å². The Kier molecular flexibility index (Phi) is 6.77. The van der Waals surface area contributed by atoms with Crippen LogP contribution in [0.4, 0.5) is 0 Å². The number of esters is 1. The Morgan fingerprint density at radius 1 is 1.23 bits per heavy atom. The summed E-state index contributed by atoms with van der Waals surface area (Å²) in [4.78, 5) is 15.3. The number of aromatic nitrogens is 1. The highest BCUT2D eigenvalue weighted by atomic mass is 35.5. The lowest BCUT2D eigenvalue weighted by molar-refractivity contribution is -0.137. The van der Waals surface area contributed by atoms with E-state index in [4.69, 9.17) is 27.9 Å². The first-order chi connectivity index (χ1) is 12.3. The van der Waals surface area contributed by atoms with E-state index in [1.54, 1.807) is 25.3 Å². The zero-order chi connectivity index (χ0) is 19.3. The van der Waals surface area contributed by atoms with E-state index < -0.39 is 16.0 Å². The molecule has 2 aromatic rings. The minimum Gasteiger partial charge on any atom is -0.463 e. The highest BCUT2D eigenvalue weighted by molar-refractivity contribution is 7.89. The first-order valence-corrected chi connectivity index (χ1v) is 9.76. The molecule has 6 nitrogen and oxygen atoms in total. The van der Waals surface area contributed by atoms with Gasteiger partial charge >= 0.3 is 5.97 Å².